The average Bonchev–Trinajstić information content (AvgIpc) is 3.48. The topological polar surface area (TPSA) is 73.8 Å². The highest BCUT2D eigenvalue weighted by Crippen LogP contribution is 2.33. The molecule has 0 aliphatic carbocycles. The Labute approximate surface area is 218 Å². The van der Waals surface area contributed by atoms with Gasteiger partial charge in [0.2, 0.25) is 0 Å². The molecule has 5 rings (SSSR count). The second-order valence-electron chi connectivity index (χ2n) is 8.49. The van der Waals surface area contributed by atoms with E-state index in [2.05, 4.69) is 4.99 Å². The number of nitrogens with zero attached hydrogens (tertiary/aromatic N) is 2. The minimum atomic E-state index is -4.48. The summed E-state index contributed by atoms with van der Waals surface area (Å²) in [5, 5.41) is 0. The van der Waals surface area contributed by atoms with Crippen LogP contribution in [0.5, 0.6) is 0 Å². The molecule has 2 aromatic heterocycles. The summed E-state index contributed by atoms with van der Waals surface area (Å²) in [5.74, 6) is -0.0216. The number of thiazole rings is 1. The third kappa shape index (κ3) is 4.74. The van der Waals surface area contributed by atoms with E-state index in [1.54, 1.807) is 26.0 Å². The second kappa shape index (κ2) is 9.94. The highest BCUT2D eigenvalue weighted by molar-refractivity contribution is 7.07. The van der Waals surface area contributed by atoms with Crippen molar-refractivity contribution >= 4 is 23.4 Å². The number of hydrogen-bond donors (Lipinski definition) is 0. The summed E-state index contributed by atoms with van der Waals surface area (Å²) in [6.45, 7) is 3.58. The molecule has 1 unspecified atom stereocenters. The standard InChI is InChI=1S/C28H21F3N2O4S/c1-3-36-26(35)23-16(2)32-27-33(24(23)17-8-5-4-6-9-17)25(34)22(38-27)15-20-12-13-21(37-20)18-10-7-11-19(14-18)28(29,30)31/h4-15,24H,3H2,1-2H3/b22-15+. The smallest absolute Gasteiger partial charge is 0.416 e. The monoisotopic (exact) mass is 538 g/mol. The summed E-state index contributed by atoms with van der Waals surface area (Å²) in [6, 6.07) is 16.4. The largest absolute Gasteiger partial charge is 0.463 e. The lowest BCUT2D eigenvalue weighted by Gasteiger charge is -2.24. The Kier molecular flexibility index (Phi) is 6.66. The first-order chi connectivity index (χ1) is 18.2. The SMILES string of the molecule is CCOC(=O)C1=C(C)N=c2s/c(=C/c3ccc(-c4cccc(C(F)(F)F)c4)o3)c(=O)n2C1c1ccccc1. The highest BCUT2D eigenvalue weighted by atomic mass is 32.1. The van der Waals surface area contributed by atoms with Gasteiger partial charge in [-0.2, -0.15) is 13.2 Å². The van der Waals surface area contributed by atoms with Gasteiger partial charge in [-0.25, -0.2) is 9.79 Å². The van der Waals surface area contributed by atoms with Crippen LogP contribution in [0.25, 0.3) is 17.4 Å². The van der Waals surface area contributed by atoms with Crippen molar-refractivity contribution in [3.63, 3.8) is 0 Å². The van der Waals surface area contributed by atoms with E-state index < -0.39 is 23.8 Å². The number of esters is 1. The van der Waals surface area contributed by atoms with Crippen LogP contribution in [0.2, 0.25) is 0 Å². The third-order valence-electron chi connectivity index (χ3n) is 6.01. The summed E-state index contributed by atoms with van der Waals surface area (Å²) < 4.78 is 52.2. The first-order valence-corrected chi connectivity index (χ1v) is 12.5. The van der Waals surface area contributed by atoms with Crippen LogP contribution >= 0.6 is 11.3 Å². The molecule has 3 heterocycles. The van der Waals surface area contributed by atoms with Gasteiger partial charge in [0.1, 0.15) is 11.5 Å². The fourth-order valence-corrected chi connectivity index (χ4v) is 5.33. The number of carbonyl (C=O) groups is 1. The molecule has 0 radical (unpaired) electrons. The molecule has 1 aliphatic heterocycles. The number of halogens is 3. The van der Waals surface area contributed by atoms with Gasteiger partial charge in [-0.15, -0.1) is 0 Å². The quantitative estimate of drug-likeness (QED) is 0.333. The first kappa shape index (κ1) is 25.5. The maximum atomic E-state index is 13.6. The van der Waals surface area contributed by atoms with E-state index in [1.807, 2.05) is 30.3 Å². The zero-order chi connectivity index (χ0) is 27.0. The van der Waals surface area contributed by atoms with Gasteiger partial charge in [-0.1, -0.05) is 53.8 Å². The number of carbonyl (C=O) groups excluding carboxylic acids is 1. The van der Waals surface area contributed by atoms with Crippen molar-refractivity contribution in [2.75, 3.05) is 6.61 Å². The molecule has 0 fully saturated rings. The number of rotatable bonds is 5. The normalized spacial score (nSPS) is 15.8. The Balaban J connectivity index is 1.60. The van der Waals surface area contributed by atoms with Crippen molar-refractivity contribution in [3.8, 4) is 11.3 Å². The van der Waals surface area contributed by atoms with Crippen LogP contribution in [0.15, 0.2) is 92.2 Å². The predicted molar refractivity (Wildman–Crippen MR) is 136 cm³/mol. The van der Waals surface area contributed by atoms with E-state index in [0.29, 0.717) is 20.8 Å². The van der Waals surface area contributed by atoms with Gasteiger partial charge >= 0.3 is 12.1 Å². The maximum Gasteiger partial charge on any atom is 0.416 e. The minimum Gasteiger partial charge on any atom is -0.463 e. The number of furan rings is 1. The predicted octanol–water partition coefficient (Wildman–Crippen LogP) is 5.08. The van der Waals surface area contributed by atoms with Crippen LogP contribution in [0.3, 0.4) is 0 Å². The number of allylic oxidation sites excluding steroid dienone is 1. The molecule has 38 heavy (non-hydrogen) atoms. The molecule has 4 aromatic rings. The molecule has 1 aliphatic rings. The van der Waals surface area contributed by atoms with Gasteiger partial charge in [0.15, 0.2) is 4.80 Å². The lowest BCUT2D eigenvalue weighted by Crippen LogP contribution is -2.39. The fourth-order valence-electron chi connectivity index (χ4n) is 4.31. The van der Waals surface area contributed by atoms with Gasteiger partial charge in [0.25, 0.3) is 5.56 Å². The molecule has 0 bridgehead atoms. The molecule has 10 heteroatoms. The molecule has 0 N–H and O–H groups in total. The molecule has 0 amide bonds. The van der Waals surface area contributed by atoms with Crippen molar-refractivity contribution in [1.82, 2.24) is 4.57 Å². The van der Waals surface area contributed by atoms with E-state index in [9.17, 15) is 22.8 Å². The van der Waals surface area contributed by atoms with Crippen LogP contribution in [0.1, 0.15) is 36.8 Å². The summed E-state index contributed by atoms with van der Waals surface area (Å²) in [6.07, 6.45) is -2.96. The molecule has 1 atom stereocenters. The summed E-state index contributed by atoms with van der Waals surface area (Å²) in [7, 11) is 0. The molecule has 0 spiro atoms. The van der Waals surface area contributed by atoms with E-state index in [-0.39, 0.29) is 29.1 Å². The van der Waals surface area contributed by atoms with Crippen molar-refractivity contribution in [2.45, 2.75) is 26.1 Å². The van der Waals surface area contributed by atoms with Crippen molar-refractivity contribution in [3.05, 3.63) is 115 Å². The zero-order valence-electron chi connectivity index (χ0n) is 20.3. The Morgan fingerprint density at radius 1 is 1.13 bits per heavy atom. The van der Waals surface area contributed by atoms with E-state index >= 15 is 0 Å². The van der Waals surface area contributed by atoms with Gasteiger partial charge in [-0.05, 0) is 43.7 Å². The molecular weight excluding hydrogens is 517 g/mol. The average molecular weight is 539 g/mol. The summed E-state index contributed by atoms with van der Waals surface area (Å²) >= 11 is 1.13. The maximum absolute atomic E-state index is 13.6. The minimum absolute atomic E-state index is 0.175. The summed E-state index contributed by atoms with van der Waals surface area (Å²) in [4.78, 5) is 31.4. The fraction of sp³-hybridized carbons (Fsp3) is 0.179. The number of ether oxygens (including phenoxy) is 1. The van der Waals surface area contributed by atoms with Crippen molar-refractivity contribution in [2.24, 2.45) is 4.99 Å². The van der Waals surface area contributed by atoms with E-state index in [1.165, 1.54) is 22.8 Å². The van der Waals surface area contributed by atoms with Crippen LogP contribution in [-0.2, 0) is 15.7 Å². The summed E-state index contributed by atoms with van der Waals surface area (Å²) in [5.41, 5.74) is 0.558. The zero-order valence-corrected chi connectivity index (χ0v) is 21.1. The van der Waals surface area contributed by atoms with Crippen molar-refractivity contribution < 1.29 is 27.1 Å². The molecular formula is C28H21F3N2O4S. The van der Waals surface area contributed by atoms with E-state index in [0.717, 1.165) is 29.0 Å². The van der Waals surface area contributed by atoms with Crippen LogP contribution in [0, 0.1) is 0 Å². The molecule has 6 nitrogen and oxygen atoms in total. The molecule has 194 valence electrons. The lowest BCUT2D eigenvalue weighted by molar-refractivity contribution is -0.139. The first-order valence-electron chi connectivity index (χ1n) is 11.7. The van der Waals surface area contributed by atoms with Gasteiger partial charge in [0, 0.05) is 11.6 Å². The number of hydrogen-bond acceptors (Lipinski definition) is 6. The second-order valence-corrected chi connectivity index (χ2v) is 9.50. The number of alkyl halides is 3. The number of fused-ring (bicyclic) bond motifs is 1. The highest BCUT2D eigenvalue weighted by Gasteiger charge is 2.33. The Hall–Kier alpha value is -4.18. The Morgan fingerprint density at radius 2 is 1.89 bits per heavy atom. The molecule has 0 saturated carbocycles. The van der Waals surface area contributed by atoms with E-state index in [4.69, 9.17) is 9.15 Å². The lowest BCUT2D eigenvalue weighted by atomic mass is 9.96. The molecule has 2 aromatic carbocycles. The van der Waals surface area contributed by atoms with Gasteiger partial charge in [-0.3, -0.25) is 9.36 Å². The Bertz CT molecular complexity index is 1730. The van der Waals surface area contributed by atoms with Crippen LogP contribution < -0.4 is 14.9 Å². The van der Waals surface area contributed by atoms with Crippen LogP contribution in [0.4, 0.5) is 13.2 Å². The van der Waals surface area contributed by atoms with Gasteiger partial charge < -0.3 is 9.15 Å². The van der Waals surface area contributed by atoms with Gasteiger partial charge in [0.05, 0.1) is 34.0 Å². The van der Waals surface area contributed by atoms with Crippen LogP contribution in [-0.4, -0.2) is 17.1 Å². The third-order valence-corrected chi connectivity index (χ3v) is 6.99. The number of aromatic nitrogens is 1. The Morgan fingerprint density at radius 3 is 2.61 bits per heavy atom. The number of benzene rings is 2. The van der Waals surface area contributed by atoms with Crippen molar-refractivity contribution in [1.29, 1.82) is 0 Å². The molecule has 0 saturated heterocycles.